The molecule has 7 heteroatoms. The molecule has 0 fully saturated rings. The maximum atomic E-state index is 5.46. The average molecular weight is 470 g/mol. The van der Waals surface area contributed by atoms with Crippen LogP contribution in [0.25, 0.3) is 0 Å². The van der Waals surface area contributed by atoms with E-state index in [1.54, 1.807) is 20.4 Å². The number of methoxy groups -OCH3 is 1. The second-order valence-corrected chi connectivity index (χ2v) is 5.55. The number of pyridine rings is 1. The Morgan fingerprint density at radius 3 is 2.54 bits per heavy atom. The molecule has 142 valence electrons. The highest BCUT2D eigenvalue weighted by Gasteiger charge is 2.07. The van der Waals surface area contributed by atoms with Gasteiger partial charge in [-0.15, -0.1) is 24.0 Å². The lowest BCUT2D eigenvalue weighted by molar-refractivity contribution is 0.143. The lowest BCUT2D eigenvalue weighted by Gasteiger charge is -2.18. The van der Waals surface area contributed by atoms with Gasteiger partial charge in [0.15, 0.2) is 5.96 Å². The van der Waals surface area contributed by atoms with Gasteiger partial charge in [-0.05, 0) is 18.1 Å². The van der Waals surface area contributed by atoms with Crippen molar-refractivity contribution in [1.29, 1.82) is 0 Å². The highest BCUT2D eigenvalue weighted by atomic mass is 127. The van der Waals surface area contributed by atoms with Crippen LogP contribution in [-0.4, -0.2) is 38.3 Å². The molecule has 2 rings (SSSR count). The van der Waals surface area contributed by atoms with Gasteiger partial charge in [-0.3, -0.25) is 4.99 Å². The van der Waals surface area contributed by atoms with Gasteiger partial charge >= 0.3 is 0 Å². The van der Waals surface area contributed by atoms with Crippen LogP contribution in [0.4, 0.5) is 0 Å². The topological polar surface area (TPSA) is 67.8 Å². The zero-order valence-electron chi connectivity index (χ0n) is 15.4. The summed E-state index contributed by atoms with van der Waals surface area (Å²) in [5, 5.41) is 6.68. The van der Waals surface area contributed by atoms with Gasteiger partial charge in [-0.25, -0.2) is 4.98 Å². The van der Waals surface area contributed by atoms with Crippen molar-refractivity contribution in [2.75, 3.05) is 27.4 Å². The van der Waals surface area contributed by atoms with Crippen LogP contribution >= 0.6 is 24.0 Å². The average Bonchev–Trinajstić information content (AvgIpc) is 2.67. The smallest absolute Gasteiger partial charge is 0.213 e. The number of nitrogens with zero attached hydrogens (tertiary/aromatic N) is 2. The molecule has 0 aliphatic carbocycles. The van der Waals surface area contributed by atoms with E-state index in [-0.39, 0.29) is 30.0 Å². The predicted octanol–water partition coefficient (Wildman–Crippen LogP) is 3.15. The lowest BCUT2D eigenvalue weighted by Crippen LogP contribution is -2.38. The normalized spacial score (nSPS) is 12.0. The zero-order chi connectivity index (χ0) is 17.9. The summed E-state index contributed by atoms with van der Waals surface area (Å²) in [6.07, 6.45) is 1.79. The monoisotopic (exact) mass is 470 g/mol. The third-order valence-corrected chi connectivity index (χ3v) is 3.67. The molecular weight excluding hydrogens is 443 g/mol. The minimum absolute atomic E-state index is 0. The van der Waals surface area contributed by atoms with Crippen molar-refractivity contribution < 1.29 is 9.47 Å². The minimum atomic E-state index is 0. The quantitative estimate of drug-likeness (QED) is 0.269. The summed E-state index contributed by atoms with van der Waals surface area (Å²) in [5.41, 5.74) is 2.26. The van der Waals surface area contributed by atoms with Crippen molar-refractivity contribution in [1.82, 2.24) is 15.6 Å². The van der Waals surface area contributed by atoms with Crippen LogP contribution in [-0.2, 0) is 11.3 Å². The number of nitrogens with one attached hydrogen (secondary N) is 2. The number of hydrogen-bond donors (Lipinski definition) is 2. The van der Waals surface area contributed by atoms with Crippen LogP contribution in [0.2, 0.25) is 0 Å². The first kappa shape index (κ1) is 22.2. The Kier molecular flexibility index (Phi) is 10.6. The van der Waals surface area contributed by atoms with Crippen molar-refractivity contribution >= 4 is 29.9 Å². The first-order chi connectivity index (χ1) is 12.2. The van der Waals surface area contributed by atoms with Crippen LogP contribution in [0, 0.1) is 0 Å². The van der Waals surface area contributed by atoms with Crippen molar-refractivity contribution in [2.45, 2.75) is 19.5 Å². The molecule has 0 aliphatic rings. The Balaban J connectivity index is 0.00000338. The first-order valence-corrected chi connectivity index (χ1v) is 8.31. The summed E-state index contributed by atoms with van der Waals surface area (Å²) in [4.78, 5) is 8.56. The third-order valence-electron chi connectivity index (χ3n) is 3.67. The number of benzene rings is 1. The summed E-state index contributed by atoms with van der Waals surface area (Å²) in [5.74, 6) is 1.35. The predicted molar refractivity (Wildman–Crippen MR) is 115 cm³/mol. The van der Waals surface area contributed by atoms with Crippen LogP contribution in [0.15, 0.2) is 53.7 Å². The van der Waals surface area contributed by atoms with E-state index in [0.29, 0.717) is 25.6 Å². The maximum absolute atomic E-state index is 5.46. The fraction of sp³-hybridized carbons (Fsp3) is 0.368. The highest BCUT2D eigenvalue weighted by molar-refractivity contribution is 14.0. The van der Waals surface area contributed by atoms with E-state index in [9.17, 15) is 0 Å². The van der Waals surface area contributed by atoms with Crippen molar-refractivity contribution in [3.63, 3.8) is 0 Å². The molecule has 0 aliphatic heterocycles. The molecule has 0 bridgehead atoms. The van der Waals surface area contributed by atoms with Gasteiger partial charge in [0.2, 0.25) is 5.88 Å². The Bertz CT molecular complexity index is 650. The zero-order valence-corrected chi connectivity index (χ0v) is 17.8. The third kappa shape index (κ3) is 7.57. The molecule has 0 radical (unpaired) electrons. The number of guanidine groups is 1. The highest BCUT2D eigenvalue weighted by Crippen LogP contribution is 2.11. The van der Waals surface area contributed by atoms with Gasteiger partial charge in [-0.1, -0.05) is 36.4 Å². The second-order valence-electron chi connectivity index (χ2n) is 5.55. The van der Waals surface area contributed by atoms with E-state index < -0.39 is 0 Å². The Morgan fingerprint density at radius 1 is 1.15 bits per heavy atom. The molecule has 0 saturated heterocycles. The van der Waals surface area contributed by atoms with Crippen LogP contribution in [0.5, 0.6) is 5.88 Å². The van der Waals surface area contributed by atoms with Gasteiger partial charge < -0.3 is 20.1 Å². The molecule has 2 N–H and O–H groups in total. The first-order valence-electron chi connectivity index (χ1n) is 8.31. The van der Waals surface area contributed by atoms with Crippen LogP contribution in [0.3, 0.4) is 0 Å². The van der Waals surface area contributed by atoms with E-state index in [1.807, 2.05) is 30.3 Å². The van der Waals surface area contributed by atoms with Crippen molar-refractivity contribution in [3.8, 4) is 5.88 Å². The van der Waals surface area contributed by atoms with E-state index in [4.69, 9.17) is 9.47 Å². The SMILES string of the molecule is CN=C(NCc1ccc(OCCOC)nc1)NC(C)c1ccccc1.I. The van der Waals surface area contributed by atoms with Gasteiger partial charge in [0.05, 0.1) is 12.6 Å². The summed E-state index contributed by atoms with van der Waals surface area (Å²) in [7, 11) is 3.41. The lowest BCUT2D eigenvalue weighted by atomic mass is 10.1. The number of aromatic nitrogens is 1. The number of aliphatic imine (C=N–C) groups is 1. The van der Waals surface area contributed by atoms with Gasteiger partial charge in [-0.2, -0.15) is 0 Å². The summed E-state index contributed by atoms with van der Waals surface area (Å²) < 4.78 is 10.4. The van der Waals surface area contributed by atoms with E-state index >= 15 is 0 Å². The minimum Gasteiger partial charge on any atom is -0.475 e. The molecule has 26 heavy (non-hydrogen) atoms. The van der Waals surface area contributed by atoms with Crippen molar-refractivity contribution in [2.24, 2.45) is 4.99 Å². The summed E-state index contributed by atoms with van der Waals surface area (Å²) >= 11 is 0. The number of hydrogen-bond acceptors (Lipinski definition) is 4. The van der Waals surface area contributed by atoms with Gasteiger partial charge in [0.1, 0.15) is 6.61 Å². The molecule has 0 saturated carbocycles. The molecule has 0 amide bonds. The van der Waals surface area contributed by atoms with Crippen molar-refractivity contribution in [3.05, 3.63) is 59.8 Å². The Morgan fingerprint density at radius 2 is 1.92 bits per heavy atom. The van der Waals surface area contributed by atoms with Crippen LogP contribution in [0.1, 0.15) is 24.1 Å². The molecule has 1 aromatic heterocycles. The molecule has 1 aromatic carbocycles. The number of halogens is 1. The van der Waals surface area contributed by atoms with E-state index in [2.05, 4.69) is 39.7 Å². The molecule has 1 atom stereocenters. The van der Waals surface area contributed by atoms with Gasteiger partial charge in [0, 0.05) is 33.0 Å². The fourth-order valence-corrected chi connectivity index (χ4v) is 2.24. The fourth-order valence-electron chi connectivity index (χ4n) is 2.24. The van der Waals surface area contributed by atoms with E-state index in [1.165, 1.54) is 5.56 Å². The molecule has 0 spiro atoms. The largest absolute Gasteiger partial charge is 0.475 e. The molecule has 2 aromatic rings. The molecule has 1 unspecified atom stereocenters. The molecule has 6 nitrogen and oxygen atoms in total. The second kappa shape index (κ2) is 12.5. The molecular formula is C19H27IN4O2. The van der Waals surface area contributed by atoms with E-state index in [0.717, 1.165) is 11.5 Å². The maximum Gasteiger partial charge on any atom is 0.213 e. The summed E-state index contributed by atoms with van der Waals surface area (Å²) in [6, 6.07) is 14.3. The number of ether oxygens (including phenoxy) is 2. The van der Waals surface area contributed by atoms with Crippen LogP contribution < -0.4 is 15.4 Å². The van der Waals surface area contributed by atoms with Gasteiger partial charge in [0.25, 0.3) is 0 Å². The standard InChI is InChI=1S/C19H26N4O2.HI/c1-15(17-7-5-4-6-8-17)23-19(20-2)22-14-16-9-10-18(21-13-16)25-12-11-24-3;/h4-10,13,15H,11-12,14H2,1-3H3,(H2,20,22,23);1H. The summed E-state index contributed by atoms with van der Waals surface area (Å²) in [6.45, 7) is 3.78. The Labute approximate surface area is 172 Å². The Hall–Kier alpha value is -1.87. The number of rotatable bonds is 8. The molecule has 1 heterocycles.